The molecule has 7 aromatic rings. The molecule has 0 radical (unpaired) electrons. The molecule has 12 heterocycles. The maximum atomic E-state index is 5.86. The van der Waals surface area contributed by atoms with Gasteiger partial charge in [0.05, 0.1) is 62.2 Å². The van der Waals surface area contributed by atoms with E-state index < -0.39 is 0 Å². The Morgan fingerprint density at radius 3 is 1.56 bits per heavy atom. The summed E-state index contributed by atoms with van der Waals surface area (Å²) in [7, 11) is 4.16. The van der Waals surface area contributed by atoms with Crippen LogP contribution in [0.5, 0.6) is 0 Å². The molecule has 0 spiro atoms. The molecule has 0 aromatic carbocycles. The van der Waals surface area contributed by atoms with Crippen molar-refractivity contribution in [3.05, 3.63) is 176 Å². The Morgan fingerprint density at radius 2 is 0.955 bits per heavy atom. The van der Waals surface area contributed by atoms with E-state index in [4.69, 9.17) is 24.9 Å². The number of rotatable bonds is 27. The normalized spacial score (nSPS) is 15.3. The number of unbranched alkanes of at least 4 members (excludes halogenated alkanes) is 16. The third kappa shape index (κ3) is 13.0. The van der Waals surface area contributed by atoms with Crippen molar-refractivity contribution in [3.63, 3.8) is 0 Å². The van der Waals surface area contributed by atoms with Crippen LogP contribution in [0, 0.1) is 0 Å². The highest BCUT2D eigenvalue weighted by atomic mass is 15.1. The highest BCUT2D eigenvalue weighted by Crippen LogP contribution is 2.40. The molecule has 88 heavy (non-hydrogen) atoms. The molecule has 5 N–H and O–H groups in total. The summed E-state index contributed by atoms with van der Waals surface area (Å²) in [6.07, 6.45) is 53.3. The number of nitrogens with zero attached hydrogens (tertiary/aromatic N) is 7. The first-order valence-electron chi connectivity index (χ1n) is 33.7. The Morgan fingerprint density at radius 1 is 0.432 bits per heavy atom. The van der Waals surface area contributed by atoms with Crippen LogP contribution in [0.2, 0.25) is 0 Å². The number of aromatic amines is 4. The van der Waals surface area contributed by atoms with Crippen molar-refractivity contribution in [2.24, 2.45) is 19.1 Å². The molecule has 456 valence electrons. The summed E-state index contributed by atoms with van der Waals surface area (Å²) in [5.74, 6) is 1.76. The standard InChI is InChI=1S/C76H92N12/c1-7-11-15-19-23-27-51-55-31-39-63(79-55)71(64-40-32-56(80-64)52(28-24-20-16-12-8-2)60-36-44-68(84-60)73(67-43-35-59(51)83-67)75-77-47-49-87(75)5)72-65-41-33-57(81-65)53(29-25-21-17-13-9-3)61-37-45-69(85-61)74(76-78-48-50-88(76)6)70-46-38-62(86-70)54(30-26-22-18-14-10-4)58-34-42-66(72)82-58/h31-50,55,79-81,83,86H,7-30H2,1-6H3/t55-/m1/s1. The zero-order valence-corrected chi connectivity index (χ0v) is 53.2. The first-order chi connectivity index (χ1) is 43.3. The molecule has 16 bridgehead atoms. The molecule has 0 amide bonds. The first kappa shape index (κ1) is 60.1. The van der Waals surface area contributed by atoms with Crippen molar-refractivity contribution >= 4 is 74.4 Å². The molecule has 1 atom stereocenters. The lowest BCUT2D eigenvalue weighted by Crippen LogP contribution is -2.29. The lowest BCUT2D eigenvalue weighted by atomic mass is 9.98. The number of nitrogens with one attached hydrogen (secondary N) is 5. The van der Waals surface area contributed by atoms with E-state index in [9.17, 15) is 0 Å². The number of fused-ring (bicyclic) bond motifs is 15. The van der Waals surface area contributed by atoms with Gasteiger partial charge in [0.1, 0.15) is 11.6 Å². The van der Waals surface area contributed by atoms with Crippen LogP contribution in [-0.2, 0) is 26.9 Å². The van der Waals surface area contributed by atoms with Gasteiger partial charge in [-0.1, -0.05) is 137 Å². The van der Waals surface area contributed by atoms with E-state index >= 15 is 0 Å². The van der Waals surface area contributed by atoms with Crippen LogP contribution < -0.4 is 16.0 Å². The van der Waals surface area contributed by atoms with Gasteiger partial charge in [0.15, 0.2) is 0 Å². The van der Waals surface area contributed by atoms with Gasteiger partial charge in [0, 0.05) is 106 Å². The predicted molar refractivity (Wildman–Crippen MR) is 368 cm³/mol. The van der Waals surface area contributed by atoms with Gasteiger partial charge in [-0.3, -0.25) is 0 Å². The van der Waals surface area contributed by atoms with Gasteiger partial charge in [-0.05, 0) is 148 Å². The third-order valence-electron chi connectivity index (χ3n) is 18.6. The zero-order valence-electron chi connectivity index (χ0n) is 53.2. The van der Waals surface area contributed by atoms with Crippen molar-refractivity contribution in [1.82, 2.24) is 54.3 Å². The molecule has 7 aromatic heterocycles. The van der Waals surface area contributed by atoms with Gasteiger partial charge in [-0.2, -0.15) is 0 Å². The maximum Gasteiger partial charge on any atom is 0.143 e. The van der Waals surface area contributed by atoms with Crippen LogP contribution in [0.4, 0.5) is 0 Å². The number of aromatic nitrogens is 10. The number of hydrogen-bond acceptors (Lipinski definition) is 6. The molecule has 5 aliphatic heterocycles. The zero-order chi connectivity index (χ0) is 60.3. The summed E-state index contributed by atoms with van der Waals surface area (Å²) in [6.45, 7) is 9.17. The summed E-state index contributed by atoms with van der Waals surface area (Å²) in [6, 6.07) is 18.2. The molecule has 12 nitrogen and oxygen atoms in total. The number of H-pyrrole nitrogens is 4. The third-order valence-corrected chi connectivity index (χ3v) is 18.6. The smallest absolute Gasteiger partial charge is 0.143 e. The average molecular weight is 1170 g/mol. The highest BCUT2D eigenvalue weighted by Gasteiger charge is 2.28. The Balaban J connectivity index is 1.13. The minimum absolute atomic E-state index is 0.0721. The Labute approximate surface area is 520 Å². The molecule has 0 saturated carbocycles. The van der Waals surface area contributed by atoms with Crippen LogP contribution in [0.15, 0.2) is 114 Å². The molecule has 12 rings (SSSR count). The topological polar surface area (TPSA) is 149 Å². The van der Waals surface area contributed by atoms with E-state index in [0.29, 0.717) is 0 Å². The second kappa shape index (κ2) is 28.3. The second-order valence-corrected chi connectivity index (χ2v) is 25.0. The summed E-state index contributed by atoms with van der Waals surface area (Å²) < 4.78 is 4.22. The van der Waals surface area contributed by atoms with Crippen molar-refractivity contribution in [3.8, 4) is 11.4 Å². The molecule has 0 saturated heterocycles. The van der Waals surface area contributed by atoms with Gasteiger partial charge >= 0.3 is 0 Å². The molecule has 12 heteroatoms. The minimum Gasteiger partial charge on any atom is -0.374 e. The highest BCUT2D eigenvalue weighted by molar-refractivity contribution is 6.29. The van der Waals surface area contributed by atoms with Crippen LogP contribution in [0.25, 0.3) is 80.1 Å². The lowest BCUT2D eigenvalue weighted by molar-refractivity contribution is 0.632. The fourth-order valence-electron chi connectivity index (χ4n) is 13.8. The fraction of sp³-hybridized carbons (Fsp3) is 0.408. The van der Waals surface area contributed by atoms with Gasteiger partial charge < -0.3 is 34.4 Å². The Bertz CT molecular complexity index is 4160. The predicted octanol–water partition coefficient (Wildman–Crippen LogP) is 17.3. The van der Waals surface area contributed by atoms with E-state index in [1.807, 2.05) is 24.8 Å². The van der Waals surface area contributed by atoms with E-state index in [2.05, 4.69) is 173 Å². The SMILES string of the molecule is CCCCCCCC1=C2C=CC(=N2)C(c2nccn2C)=c2ccc([nH]2)=C(CCCCCCC)[C@H]2C=CC(=C(c3c4nc(c(CCCCCCC)c5ccc([nH]5)c(-c5nccn5C)c5nc(c(CCCCCCC)c6ccc3[nH]6)C=C5)C=C4)c3ccc1[nH]3)N2. The van der Waals surface area contributed by atoms with Crippen LogP contribution in [0.1, 0.15) is 226 Å². The molecule has 0 aliphatic carbocycles. The van der Waals surface area contributed by atoms with Crippen molar-refractivity contribution in [2.75, 3.05) is 0 Å². The number of aliphatic imine (C=N–C) groups is 1. The Kier molecular flexibility index (Phi) is 19.3. The monoisotopic (exact) mass is 1170 g/mol. The Hall–Kier alpha value is -8.25. The van der Waals surface area contributed by atoms with Gasteiger partial charge in [0.25, 0.3) is 0 Å². The summed E-state index contributed by atoms with van der Waals surface area (Å²) in [5, 5.41) is 6.38. The molecule has 0 unspecified atom stereocenters. The van der Waals surface area contributed by atoms with E-state index in [1.54, 1.807) is 0 Å². The van der Waals surface area contributed by atoms with Gasteiger partial charge in [-0.15, -0.1) is 0 Å². The molecular weight excluding hydrogens is 1080 g/mol. The second-order valence-electron chi connectivity index (χ2n) is 25.0. The number of allylic oxidation sites excluding steroid dienone is 4. The summed E-state index contributed by atoms with van der Waals surface area (Å²) in [4.78, 5) is 43.2. The van der Waals surface area contributed by atoms with Crippen LogP contribution in [-0.4, -0.2) is 60.8 Å². The summed E-state index contributed by atoms with van der Waals surface area (Å²) >= 11 is 0. The first-order valence-corrected chi connectivity index (χ1v) is 33.7. The van der Waals surface area contributed by atoms with Gasteiger partial charge in [0.2, 0.25) is 0 Å². The minimum atomic E-state index is -0.0721. The quantitative estimate of drug-likeness (QED) is 0.0325. The average Bonchev–Trinajstić information content (AvgIpc) is 3.49. The van der Waals surface area contributed by atoms with E-state index in [-0.39, 0.29) is 6.04 Å². The van der Waals surface area contributed by atoms with Crippen molar-refractivity contribution in [2.45, 2.75) is 188 Å². The van der Waals surface area contributed by atoms with Gasteiger partial charge in [-0.25, -0.2) is 24.9 Å². The lowest BCUT2D eigenvalue weighted by Gasteiger charge is -2.19. The fourth-order valence-corrected chi connectivity index (χ4v) is 13.8. The molecule has 5 aliphatic rings. The van der Waals surface area contributed by atoms with Crippen molar-refractivity contribution in [1.29, 1.82) is 0 Å². The molecular formula is C76H92N12. The van der Waals surface area contributed by atoms with E-state index in [0.717, 1.165) is 169 Å². The molecule has 0 fully saturated rings. The number of imidazole rings is 2. The summed E-state index contributed by atoms with van der Waals surface area (Å²) in [5.41, 5.74) is 22.1. The van der Waals surface area contributed by atoms with Crippen LogP contribution >= 0.6 is 0 Å². The van der Waals surface area contributed by atoms with Crippen LogP contribution in [0.3, 0.4) is 0 Å². The number of hydrogen-bond donors (Lipinski definition) is 5. The maximum absolute atomic E-state index is 5.86. The largest absolute Gasteiger partial charge is 0.374 e. The van der Waals surface area contributed by atoms with Crippen molar-refractivity contribution < 1.29 is 0 Å². The van der Waals surface area contributed by atoms with E-state index in [1.165, 1.54) is 125 Å². The number of aryl methyl sites for hydroxylation is 4.